The van der Waals surface area contributed by atoms with Crippen LogP contribution >= 0.6 is 0 Å². The second-order valence-corrected chi connectivity index (χ2v) is 4.63. The predicted octanol–water partition coefficient (Wildman–Crippen LogP) is 1.33. The summed E-state index contributed by atoms with van der Waals surface area (Å²) in [5, 5.41) is 2.81. The van der Waals surface area contributed by atoms with Crippen molar-refractivity contribution in [2.45, 2.75) is 39.2 Å². The Bertz CT molecular complexity index is 184. The summed E-state index contributed by atoms with van der Waals surface area (Å²) in [6.45, 7) is 7.62. The Morgan fingerprint density at radius 3 is 2.77 bits per heavy atom. The second-order valence-electron chi connectivity index (χ2n) is 4.63. The molecule has 1 fully saturated rings. The van der Waals surface area contributed by atoms with E-state index in [0.29, 0.717) is 18.9 Å². The van der Waals surface area contributed by atoms with Gasteiger partial charge in [0.25, 0.3) is 0 Å². The molecule has 0 unspecified atom stereocenters. The zero-order valence-electron chi connectivity index (χ0n) is 8.72. The minimum atomic E-state index is -0.0894. The molecule has 1 saturated heterocycles. The molecule has 1 heterocycles. The first-order valence-electron chi connectivity index (χ1n) is 4.88. The van der Waals surface area contributed by atoms with Crippen molar-refractivity contribution in [3.63, 3.8) is 0 Å². The number of hydrogen-bond acceptors (Lipinski definition) is 2. The van der Waals surface area contributed by atoms with Crippen molar-refractivity contribution in [3.8, 4) is 0 Å². The molecule has 0 aromatic heterocycles. The Labute approximate surface area is 79.8 Å². The number of nitrogens with one attached hydrogen (secondary N) is 1. The van der Waals surface area contributed by atoms with Gasteiger partial charge in [-0.3, -0.25) is 4.79 Å². The van der Waals surface area contributed by atoms with Gasteiger partial charge in [-0.05, 0) is 33.1 Å². The van der Waals surface area contributed by atoms with E-state index < -0.39 is 0 Å². The SMILES string of the molecule is CC(C)(C)OC[C@@H]1CCNC(=O)C1. The number of carbonyl (C=O) groups is 1. The van der Waals surface area contributed by atoms with Crippen LogP contribution in [0, 0.1) is 5.92 Å². The number of piperidine rings is 1. The molecule has 1 aliphatic rings. The molecule has 3 heteroatoms. The Morgan fingerprint density at radius 1 is 1.54 bits per heavy atom. The molecule has 1 rings (SSSR count). The number of amides is 1. The summed E-state index contributed by atoms with van der Waals surface area (Å²) in [5.41, 5.74) is -0.0894. The quantitative estimate of drug-likeness (QED) is 0.704. The third kappa shape index (κ3) is 4.27. The molecule has 0 saturated carbocycles. The van der Waals surface area contributed by atoms with E-state index in [1.54, 1.807) is 0 Å². The molecule has 0 spiro atoms. The van der Waals surface area contributed by atoms with E-state index in [1.807, 2.05) is 20.8 Å². The van der Waals surface area contributed by atoms with Gasteiger partial charge in [0, 0.05) is 13.0 Å². The van der Waals surface area contributed by atoms with Gasteiger partial charge >= 0.3 is 0 Å². The summed E-state index contributed by atoms with van der Waals surface area (Å²) < 4.78 is 5.64. The lowest BCUT2D eigenvalue weighted by Gasteiger charge is -2.26. The van der Waals surface area contributed by atoms with E-state index in [9.17, 15) is 4.79 Å². The lowest BCUT2D eigenvalue weighted by molar-refractivity contribution is -0.125. The van der Waals surface area contributed by atoms with Gasteiger partial charge in [0.15, 0.2) is 0 Å². The van der Waals surface area contributed by atoms with Gasteiger partial charge in [-0.15, -0.1) is 0 Å². The van der Waals surface area contributed by atoms with Crippen molar-refractivity contribution in [3.05, 3.63) is 0 Å². The molecule has 76 valence electrons. The smallest absolute Gasteiger partial charge is 0.220 e. The van der Waals surface area contributed by atoms with Crippen LogP contribution in [0.1, 0.15) is 33.6 Å². The Kier molecular flexibility index (Phi) is 3.31. The van der Waals surface area contributed by atoms with Crippen molar-refractivity contribution < 1.29 is 9.53 Å². The topological polar surface area (TPSA) is 38.3 Å². The maximum absolute atomic E-state index is 11.0. The highest BCUT2D eigenvalue weighted by molar-refractivity contribution is 5.76. The van der Waals surface area contributed by atoms with Gasteiger partial charge in [0.1, 0.15) is 0 Å². The highest BCUT2D eigenvalue weighted by Crippen LogP contribution is 2.16. The van der Waals surface area contributed by atoms with Crippen LogP contribution in [-0.4, -0.2) is 24.7 Å². The normalized spacial score (nSPS) is 24.2. The van der Waals surface area contributed by atoms with E-state index in [4.69, 9.17) is 4.74 Å². The van der Waals surface area contributed by atoms with Crippen molar-refractivity contribution >= 4 is 5.91 Å². The van der Waals surface area contributed by atoms with Crippen molar-refractivity contribution in [2.24, 2.45) is 5.92 Å². The average molecular weight is 185 g/mol. The summed E-state index contributed by atoms with van der Waals surface area (Å²) in [4.78, 5) is 11.0. The number of hydrogen-bond donors (Lipinski definition) is 1. The zero-order valence-corrected chi connectivity index (χ0v) is 8.72. The Balaban J connectivity index is 2.25. The minimum absolute atomic E-state index is 0.0894. The standard InChI is InChI=1S/C10H19NO2/c1-10(2,3)13-7-8-4-5-11-9(12)6-8/h8H,4-7H2,1-3H3,(H,11,12)/t8-/m1/s1. The number of carbonyl (C=O) groups excluding carboxylic acids is 1. The van der Waals surface area contributed by atoms with Gasteiger partial charge in [-0.1, -0.05) is 0 Å². The molecule has 1 aliphatic heterocycles. The van der Waals surface area contributed by atoms with Crippen LogP contribution in [0.25, 0.3) is 0 Å². The van der Waals surface area contributed by atoms with Crippen LogP contribution in [0.3, 0.4) is 0 Å². The lowest BCUT2D eigenvalue weighted by Crippen LogP contribution is -2.36. The fourth-order valence-electron chi connectivity index (χ4n) is 1.36. The lowest BCUT2D eigenvalue weighted by atomic mass is 9.98. The van der Waals surface area contributed by atoms with Crippen LogP contribution in [0.15, 0.2) is 0 Å². The molecule has 0 aliphatic carbocycles. The van der Waals surface area contributed by atoms with Crippen LogP contribution < -0.4 is 5.32 Å². The largest absolute Gasteiger partial charge is 0.376 e. The minimum Gasteiger partial charge on any atom is -0.376 e. The molecule has 0 bridgehead atoms. The fraction of sp³-hybridized carbons (Fsp3) is 0.900. The fourth-order valence-corrected chi connectivity index (χ4v) is 1.36. The Hall–Kier alpha value is -0.570. The molecular weight excluding hydrogens is 166 g/mol. The maximum atomic E-state index is 11.0. The molecule has 1 N–H and O–H groups in total. The molecule has 13 heavy (non-hydrogen) atoms. The van der Waals surface area contributed by atoms with Crippen molar-refractivity contribution in [1.82, 2.24) is 5.32 Å². The van der Waals surface area contributed by atoms with Gasteiger partial charge in [-0.25, -0.2) is 0 Å². The maximum Gasteiger partial charge on any atom is 0.220 e. The molecule has 1 atom stereocenters. The first-order valence-corrected chi connectivity index (χ1v) is 4.88. The molecule has 0 aromatic carbocycles. The molecule has 0 aromatic rings. The van der Waals surface area contributed by atoms with Gasteiger partial charge in [-0.2, -0.15) is 0 Å². The summed E-state index contributed by atoms with van der Waals surface area (Å²) in [7, 11) is 0. The van der Waals surface area contributed by atoms with Gasteiger partial charge in [0.05, 0.1) is 12.2 Å². The molecular formula is C10H19NO2. The van der Waals surface area contributed by atoms with Crippen LogP contribution in [0.5, 0.6) is 0 Å². The summed E-state index contributed by atoms with van der Waals surface area (Å²) in [6, 6.07) is 0. The highest BCUT2D eigenvalue weighted by Gasteiger charge is 2.21. The van der Waals surface area contributed by atoms with Crippen LogP contribution in [0.2, 0.25) is 0 Å². The average Bonchev–Trinajstić information content (AvgIpc) is 2.00. The third-order valence-corrected chi connectivity index (χ3v) is 2.10. The first-order chi connectivity index (χ1) is 5.97. The van der Waals surface area contributed by atoms with Crippen molar-refractivity contribution in [2.75, 3.05) is 13.2 Å². The molecule has 3 nitrogen and oxygen atoms in total. The zero-order chi connectivity index (χ0) is 9.90. The Morgan fingerprint density at radius 2 is 2.23 bits per heavy atom. The van der Waals surface area contributed by atoms with E-state index in [2.05, 4.69) is 5.32 Å². The molecule has 0 radical (unpaired) electrons. The monoisotopic (exact) mass is 185 g/mol. The highest BCUT2D eigenvalue weighted by atomic mass is 16.5. The second kappa shape index (κ2) is 4.09. The van der Waals surface area contributed by atoms with E-state index in [0.717, 1.165) is 13.0 Å². The van der Waals surface area contributed by atoms with E-state index in [1.165, 1.54) is 0 Å². The van der Waals surface area contributed by atoms with Gasteiger partial charge < -0.3 is 10.1 Å². The first kappa shape index (κ1) is 10.5. The third-order valence-electron chi connectivity index (χ3n) is 2.10. The molecule has 1 amide bonds. The van der Waals surface area contributed by atoms with Gasteiger partial charge in [0.2, 0.25) is 5.91 Å². The van der Waals surface area contributed by atoms with Crippen molar-refractivity contribution in [1.29, 1.82) is 0 Å². The summed E-state index contributed by atoms with van der Waals surface area (Å²) >= 11 is 0. The summed E-state index contributed by atoms with van der Waals surface area (Å²) in [5.74, 6) is 0.571. The predicted molar refractivity (Wildman–Crippen MR) is 51.4 cm³/mol. The number of rotatable bonds is 2. The van der Waals surface area contributed by atoms with Crippen LogP contribution in [-0.2, 0) is 9.53 Å². The summed E-state index contributed by atoms with van der Waals surface area (Å²) in [6.07, 6.45) is 1.66. The van der Waals surface area contributed by atoms with E-state index in [-0.39, 0.29) is 11.5 Å². The van der Waals surface area contributed by atoms with Crippen LogP contribution in [0.4, 0.5) is 0 Å². The number of ether oxygens (including phenoxy) is 1. The van der Waals surface area contributed by atoms with E-state index >= 15 is 0 Å².